The van der Waals surface area contributed by atoms with Crippen LogP contribution in [0.15, 0.2) is 5.11 Å². The highest BCUT2D eigenvalue weighted by atomic mass is 16.5. The highest BCUT2D eigenvalue weighted by Gasteiger charge is 2.49. The number of hydrogen-bond donors (Lipinski definition) is 0. The summed E-state index contributed by atoms with van der Waals surface area (Å²) in [5, 5.41) is 3.41. The van der Waals surface area contributed by atoms with Gasteiger partial charge in [0, 0.05) is 11.0 Å². The van der Waals surface area contributed by atoms with Gasteiger partial charge in [0.1, 0.15) is 12.1 Å². The fraction of sp³-hybridized carbons (Fsp3) is 0.778. The first-order valence-electron chi connectivity index (χ1n) is 5.13. The number of nitrogens with zero attached hydrogens (tertiary/aromatic N) is 4. The molecule has 1 aliphatic heterocycles. The quantitative estimate of drug-likeness (QED) is 0.304. The number of esters is 1. The zero-order chi connectivity index (χ0) is 11.7. The summed E-state index contributed by atoms with van der Waals surface area (Å²) in [6.07, 6.45) is 2.04. The zero-order valence-electron chi connectivity index (χ0n) is 8.87. The number of carbonyl (C=O) groups is 2. The molecule has 16 heavy (non-hydrogen) atoms. The molecule has 1 saturated heterocycles. The fourth-order valence-corrected chi connectivity index (χ4v) is 2.04. The van der Waals surface area contributed by atoms with Gasteiger partial charge < -0.3 is 9.64 Å². The number of rotatable bonds is 3. The summed E-state index contributed by atoms with van der Waals surface area (Å²) >= 11 is 0. The number of carbonyl (C=O) groups excluding carboxylic acids is 2. The molecular formula is C9H12N4O3. The van der Waals surface area contributed by atoms with Crippen molar-refractivity contribution >= 4 is 11.9 Å². The van der Waals surface area contributed by atoms with Crippen molar-refractivity contribution in [3.8, 4) is 0 Å². The Balaban J connectivity index is 2.20. The third kappa shape index (κ3) is 1.69. The highest BCUT2D eigenvalue weighted by Crippen LogP contribution is 2.35. The Bertz CT molecular complexity index is 373. The first-order valence-corrected chi connectivity index (χ1v) is 5.13. The van der Waals surface area contributed by atoms with Gasteiger partial charge in [0.05, 0.1) is 7.11 Å². The minimum atomic E-state index is -0.755. The highest BCUT2D eigenvalue weighted by molar-refractivity contribution is 5.92. The maximum absolute atomic E-state index is 11.9. The molecule has 1 amide bonds. The molecule has 0 radical (unpaired) electrons. The molecule has 2 unspecified atom stereocenters. The minimum absolute atomic E-state index is 0.121. The predicted octanol–water partition coefficient (Wildman–Crippen LogP) is 0.602. The van der Waals surface area contributed by atoms with Crippen LogP contribution in [0, 0.1) is 0 Å². The van der Waals surface area contributed by atoms with Crippen LogP contribution in [0.1, 0.15) is 19.3 Å². The second kappa shape index (κ2) is 4.02. The predicted molar refractivity (Wildman–Crippen MR) is 53.2 cm³/mol. The van der Waals surface area contributed by atoms with Gasteiger partial charge in [-0.25, -0.2) is 4.79 Å². The van der Waals surface area contributed by atoms with E-state index >= 15 is 0 Å². The van der Waals surface area contributed by atoms with Gasteiger partial charge in [0.2, 0.25) is 5.91 Å². The monoisotopic (exact) mass is 224 g/mol. The van der Waals surface area contributed by atoms with Crippen molar-refractivity contribution in [1.82, 2.24) is 4.90 Å². The number of likely N-dealkylation sites (tertiary alicyclic amines) is 1. The van der Waals surface area contributed by atoms with E-state index in [4.69, 9.17) is 5.53 Å². The van der Waals surface area contributed by atoms with Crippen LogP contribution in [-0.2, 0) is 14.3 Å². The summed E-state index contributed by atoms with van der Waals surface area (Å²) in [5.41, 5.74) is 8.34. The Morgan fingerprint density at radius 2 is 2.31 bits per heavy atom. The van der Waals surface area contributed by atoms with Crippen molar-refractivity contribution in [2.75, 3.05) is 7.11 Å². The summed E-state index contributed by atoms with van der Waals surface area (Å²) in [6, 6.07) is -1.22. The largest absolute Gasteiger partial charge is 0.467 e. The van der Waals surface area contributed by atoms with Crippen molar-refractivity contribution in [2.45, 2.75) is 37.4 Å². The van der Waals surface area contributed by atoms with Crippen LogP contribution >= 0.6 is 0 Å². The van der Waals surface area contributed by atoms with Gasteiger partial charge in [-0.05, 0) is 24.8 Å². The summed E-state index contributed by atoms with van der Waals surface area (Å²) in [6.45, 7) is 0. The van der Waals surface area contributed by atoms with Gasteiger partial charge in [-0.15, -0.1) is 0 Å². The molecule has 1 heterocycles. The average Bonchev–Trinajstić information content (AvgIpc) is 3.05. The number of hydrogen-bond acceptors (Lipinski definition) is 4. The molecule has 2 fully saturated rings. The molecule has 2 aliphatic rings. The fourth-order valence-electron chi connectivity index (χ4n) is 2.04. The van der Waals surface area contributed by atoms with Gasteiger partial charge >= 0.3 is 5.97 Å². The van der Waals surface area contributed by atoms with Crippen LogP contribution in [0.3, 0.4) is 0 Å². The van der Waals surface area contributed by atoms with E-state index in [1.807, 2.05) is 0 Å². The van der Waals surface area contributed by atoms with E-state index in [0.29, 0.717) is 0 Å². The van der Waals surface area contributed by atoms with Crippen LogP contribution < -0.4 is 0 Å². The maximum atomic E-state index is 11.9. The number of azide groups is 1. The molecule has 2 atom stereocenters. The van der Waals surface area contributed by atoms with Gasteiger partial charge in [0.15, 0.2) is 0 Å². The molecule has 0 aromatic rings. The van der Waals surface area contributed by atoms with E-state index in [0.717, 1.165) is 12.8 Å². The number of ether oxygens (including phenoxy) is 1. The Labute approximate surface area is 92.0 Å². The molecule has 86 valence electrons. The van der Waals surface area contributed by atoms with Crippen molar-refractivity contribution in [1.29, 1.82) is 0 Å². The third-order valence-electron chi connectivity index (χ3n) is 2.93. The lowest BCUT2D eigenvalue weighted by Gasteiger charge is -2.22. The first-order chi connectivity index (χ1) is 7.69. The maximum Gasteiger partial charge on any atom is 0.328 e. The molecule has 0 spiro atoms. The Hall–Kier alpha value is -1.75. The Kier molecular flexibility index (Phi) is 2.70. The molecule has 1 aliphatic carbocycles. The zero-order valence-corrected chi connectivity index (χ0v) is 8.87. The lowest BCUT2D eigenvalue weighted by atomic mass is 10.2. The average molecular weight is 224 g/mol. The molecule has 0 N–H and O–H groups in total. The topological polar surface area (TPSA) is 95.4 Å². The number of amides is 1. The van der Waals surface area contributed by atoms with E-state index in [1.165, 1.54) is 12.0 Å². The van der Waals surface area contributed by atoms with E-state index < -0.39 is 18.1 Å². The molecule has 0 aromatic heterocycles. The number of methoxy groups -OCH3 is 1. The molecule has 1 saturated carbocycles. The van der Waals surface area contributed by atoms with Crippen LogP contribution in [0.5, 0.6) is 0 Å². The van der Waals surface area contributed by atoms with Crippen molar-refractivity contribution in [3.05, 3.63) is 10.4 Å². The summed E-state index contributed by atoms with van der Waals surface area (Å²) in [7, 11) is 1.29. The Morgan fingerprint density at radius 3 is 2.81 bits per heavy atom. The van der Waals surface area contributed by atoms with E-state index in [2.05, 4.69) is 14.8 Å². The minimum Gasteiger partial charge on any atom is -0.467 e. The van der Waals surface area contributed by atoms with Gasteiger partial charge in [-0.3, -0.25) is 4.79 Å². The lowest BCUT2D eigenvalue weighted by molar-refractivity contribution is -0.149. The molecule has 7 nitrogen and oxygen atoms in total. The Morgan fingerprint density at radius 1 is 1.62 bits per heavy atom. The SMILES string of the molecule is COC(=O)C1CC(N=[N+]=[N-])C(=O)N1C1CC1. The van der Waals surface area contributed by atoms with Crippen molar-refractivity contribution in [3.63, 3.8) is 0 Å². The summed E-state index contributed by atoms with van der Waals surface area (Å²) < 4.78 is 4.65. The van der Waals surface area contributed by atoms with Crippen LogP contribution in [-0.4, -0.2) is 42.0 Å². The molecule has 7 heteroatoms. The summed E-state index contributed by atoms with van der Waals surface area (Å²) in [5.74, 6) is -0.688. The van der Waals surface area contributed by atoms with Crippen molar-refractivity contribution in [2.24, 2.45) is 5.11 Å². The molecule has 2 rings (SSSR count). The van der Waals surface area contributed by atoms with Gasteiger partial charge in [0.25, 0.3) is 0 Å². The smallest absolute Gasteiger partial charge is 0.328 e. The van der Waals surface area contributed by atoms with Crippen LogP contribution in [0.25, 0.3) is 10.4 Å². The molecule has 0 bridgehead atoms. The second-order valence-corrected chi connectivity index (χ2v) is 3.97. The van der Waals surface area contributed by atoms with Crippen molar-refractivity contribution < 1.29 is 14.3 Å². The standard InChI is InChI=1S/C9H12N4O3/c1-16-9(15)7-4-6(11-12-10)8(14)13(7)5-2-3-5/h5-7H,2-4H2,1H3. The van der Waals surface area contributed by atoms with E-state index in [9.17, 15) is 9.59 Å². The van der Waals surface area contributed by atoms with E-state index in [1.54, 1.807) is 0 Å². The normalized spacial score (nSPS) is 28.8. The lowest BCUT2D eigenvalue weighted by Crippen LogP contribution is -2.41. The third-order valence-corrected chi connectivity index (χ3v) is 2.93. The van der Waals surface area contributed by atoms with E-state index in [-0.39, 0.29) is 18.4 Å². The second-order valence-electron chi connectivity index (χ2n) is 3.97. The molecular weight excluding hydrogens is 212 g/mol. The molecule has 0 aromatic carbocycles. The first kappa shape index (κ1) is 10.8. The summed E-state index contributed by atoms with van der Waals surface area (Å²) in [4.78, 5) is 27.5. The van der Waals surface area contributed by atoms with Gasteiger partial charge in [-0.2, -0.15) is 0 Å². The van der Waals surface area contributed by atoms with Crippen LogP contribution in [0.2, 0.25) is 0 Å². The van der Waals surface area contributed by atoms with Gasteiger partial charge in [-0.1, -0.05) is 5.11 Å². The van der Waals surface area contributed by atoms with Crippen LogP contribution in [0.4, 0.5) is 0 Å².